The van der Waals surface area contributed by atoms with Crippen molar-refractivity contribution in [1.29, 1.82) is 0 Å². The smallest absolute Gasteiger partial charge is 0.429 e. The Morgan fingerprint density at radius 3 is 2.25 bits per heavy atom. The van der Waals surface area contributed by atoms with Gasteiger partial charge in [-0.1, -0.05) is 34.8 Å². The number of rotatable bonds is 4. The second-order valence-corrected chi connectivity index (χ2v) is 7.46. The fraction of sp³-hybridized carbons (Fsp3) is 0.857. The highest BCUT2D eigenvalue weighted by molar-refractivity contribution is 7.58. The van der Waals surface area contributed by atoms with Gasteiger partial charge >= 0.3 is 6.09 Å². The predicted molar refractivity (Wildman–Crippen MR) is 63.2 cm³/mol. The lowest BCUT2D eigenvalue weighted by molar-refractivity contribution is 0.139. The van der Waals surface area contributed by atoms with Gasteiger partial charge in [0.05, 0.1) is 13.2 Å². The highest BCUT2D eigenvalue weighted by atomic mass is 35.6. The Labute approximate surface area is 108 Å². The van der Waals surface area contributed by atoms with Crippen LogP contribution in [0.5, 0.6) is 0 Å². The lowest BCUT2D eigenvalue weighted by Gasteiger charge is -2.28. The molecule has 1 amide bonds. The molecule has 0 aromatic heterocycles. The van der Waals surface area contributed by atoms with E-state index in [-0.39, 0.29) is 13.2 Å². The fourth-order valence-electron chi connectivity index (χ4n) is 1.20. The monoisotopic (exact) mass is 309 g/mol. The molecule has 0 radical (unpaired) electrons. The molecule has 0 saturated heterocycles. The number of cyclic esters (lactones) is 1. The molecule has 1 rings (SSSR count). The molecule has 5 nitrogen and oxygen atoms in total. The predicted octanol–water partition coefficient (Wildman–Crippen LogP) is 3.94. The van der Waals surface area contributed by atoms with Crippen LogP contribution in [0.2, 0.25) is 0 Å². The molecular formula is C7H11Cl3NO4P. The van der Waals surface area contributed by atoms with Crippen molar-refractivity contribution < 1.29 is 18.6 Å². The number of hydrogen-bond donors (Lipinski definition) is 0. The van der Waals surface area contributed by atoms with Crippen molar-refractivity contribution in [1.82, 2.24) is 0 Å². The maximum Gasteiger partial charge on any atom is 0.437 e. The lowest BCUT2D eigenvalue weighted by atomic mass is 10.8. The second-order valence-electron chi connectivity index (χ2n) is 2.78. The summed E-state index contributed by atoms with van der Waals surface area (Å²) >= 11 is 17.2. The van der Waals surface area contributed by atoms with Crippen molar-refractivity contribution in [3.05, 3.63) is 0 Å². The maximum atomic E-state index is 11.2. The number of nitrogens with zero attached hydrogens (tertiary/aromatic N) is 1. The first-order valence-corrected chi connectivity index (χ1v) is 7.32. The largest absolute Gasteiger partial charge is 0.437 e. The van der Waals surface area contributed by atoms with Gasteiger partial charge in [-0.3, -0.25) is 0 Å². The molecule has 0 saturated carbocycles. The van der Waals surface area contributed by atoms with Crippen molar-refractivity contribution in [2.24, 2.45) is 4.74 Å². The van der Waals surface area contributed by atoms with Crippen molar-refractivity contribution in [3.8, 4) is 0 Å². The van der Waals surface area contributed by atoms with Crippen LogP contribution in [0.25, 0.3) is 0 Å². The summed E-state index contributed by atoms with van der Waals surface area (Å²) in [6.07, 6.45) is -0.827. The van der Waals surface area contributed by atoms with Gasteiger partial charge in [0.25, 0.3) is 7.51 Å². The first-order chi connectivity index (χ1) is 7.35. The molecule has 0 N–H and O–H groups in total. The first-order valence-electron chi connectivity index (χ1n) is 4.54. The average molecular weight is 311 g/mol. The van der Waals surface area contributed by atoms with Crippen molar-refractivity contribution in [2.75, 3.05) is 13.2 Å². The van der Waals surface area contributed by atoms with E-state index in [9.17, 15) is 4.79 Å². The number of alkyl halides is 3. The summed E-state index contributed by atoms with van der Waals surface area (Å²) in [7, 11) is -2.98. The zero-order valence-electron chi connectivity index (χ0n) is 8.65. The number of carbonyl (C=O) groups is 1. The third-order valence-corrected chi connectivity index (χ3v) is 5.47. The molecule has 9 heteroatoms. The number of carbonyl (C=O) groups excluding carboxylic acids is 1. The topological polar surface area (TPSA) is 57.1 Å². The molecule has 16 heavy (non-hydrogen) atoms. The number of hydrogen-bond acceptors (Lipinski definition) is 4. The number of halogens is 3. The standard InChI is InChI=1S/C7H11Cl3NO4P/c1-3-13-16(14-4-2)5(7(8,9)10)15-6(12)11-16/h5H,3-4H2,1-2H3. The maximum absolute atomic E-state index is 11.2. The van der Waals surface area contributed by atoms with E-state index in [1.54, 1.807) is 13.8 Å². The lowest BCUT2D eigenvalue weighted by Crippen LogP contribution is -2.28. The summed E-state index contributed by atoms with van der Waals surface area (Å²) in [5.41, 5.74) is 0. The molecule has 94 valence electrons. The summed E-state index contributed by atoms with van der Waals surface area (Å²) in [4.78, 5) is 11.2. The molecule has 0 aromatic rings. The van der Waals surface area contributed by atoms with Gasteiger partial charge in [0.2, 0.25) is 9.64 Å². The van der Waals surface area contributed by atoms with Crippen LogP contribution < -0.4 is 0 Å². The fourth-order valence-corrected chi connectivity index (χ4v) is 4.62. The minimum atomic E-state index is -2.98. The third kappa shape index (κ3) is 3.03. The quantitative estimate of drug-likeness (QED) is 0.583. The van der Waals surface area contributed by atoms with E-state index in [4.69, 9.17) is 48.6 Å². The van der Waals surface area contributed by atoms with E-state index in [1.807, 2.05) is 0 Å². The minimum Gasteiger partial charge on any atom is -0.429 e. The molecule has 0 fully saturated rings. The zero-order chi connectivity index (χ0) is 12.4. The SMILES string of the molecule is CCOP1(OCC)=NC(=O)OC1C(Cl)(Cl)Cl. The molecule has 1 heterocycles. The van der Waals surface area contributed by atoms with E-state index in [0.29, 0.717) is 0 Å². The molecule has 1 aliphatic heterocycles. The Hall–Kier alpha value is 0.490. The van der Waals surface area contributed by atoms with E-state index in [2.05, 4.69) is 4.74 Å². The highest BCUT2D eigenvalue weighted by Crippen LogP contribution is 2.65. The van der Waals surface area contributed by atoms with E-state index < -0.39 is 23.2 Å². The van der Waals surface area contributed by atoms with Gasteiger partial charge < -0.3 is 13.8 Å². The van der Waals surface area contributed by atoms with Crippen LogP contribution in [-0.2, 0) is 13.8 Å². The first kappa shape index (κ1) is 14.6. The Bertz CT molecular complexity index is 320. The summed E-state index contributed by atoms with van der Waals surface area (Å²) in [5, 5.41) is 0. The van der Waals surface area contributed by atoms with Gasteiger partial charge in [0.1, 0.15) is 0 Å². The summed E-state index contributed by atoms with van der Waals surface area (Å²) in [6.45, 7) is 4.03. The third-order valence-electron chi connectivity index (χ3n) is 1.64. The van der Waals surface area contributed by atoms with Gasteiger partial charge in [0.15, 0.2) is 0 Å². The van der Waals surface area contributed by atoms with Crippen LogP contribution in [0.3, 0.4) is 0 Å². The summed E-state index contributed by atoms with van der Waals surface area (Å²) in [6, 6.07) is 0. The van der Waals surface area contributed by atoms with Crippen LogP contribution >= 0.6 is 42.3 Å². The minimum absolute atomic E-state index is 0.283. The van der Waals surface area contributed by atoms with Gasteiger partial charge in [-0.25, -0.2) is 4.79 Å². The van der Waals surface area contributed by atoms with Crippen LogP contribution in [0.15, 0.2) is 4.74 Å². The molecule has 1 aliphatic rings. The molecular weight excluding hydrogens is 299 g/mol. The van der Waals surface area contributed by atoms with Gasteiger partial charge in [-0.05, 0) is 13.8 Å². The van der Waals surface area contributed by atoms with E-state index in [1.165, 1.54) is 0 Å². The van der Waals surface area contributed by atoms with Crippen molar-refractivity contribution in [3.63, 3.8) is 0 Å². The Balaban J connectivity index is 3.10. The van der Waals surface area contributed by atoms with Gasteiger partial charge in [-0.15, -0.1) is 4.74 Å². The molecule has 0 bridgehead atoms. The Kier molecular flexibility index (Phi) is 4.93. The molecule has 1 atom stereocenters. The Morgan fingerprint density at radius 2 is 1.88 bits per heavy atom. The molecule has 0 aliphatic carbocycles. The number of ether oxygens (including phenoxy) is 1. The molecule has 1 unspecified atom stereocenters. The van der Waals surface area contributed by atoms with Crippen molar-refractivity contribution >= 4 is 48.4 Å². The second kappa shape index (κ2) is 5.42. The molecule has 0 aromatic carbocycles. The van der Waals surface area contributed by atoms with E-state index in [0.717, 1.165) is 0 Å². The normalized spacial score (nSPS) is 24.1. The highest BCUT2D eigenvalue weighted by Gasteiger charge is 2.54. The van der Waals surface area contributed by atoms with Crippen LogP contribution in [-0.4, -0.2) is 28.9 Å². The van der Waals surface area contributed by atoms with E-state index >= 15 is 0 Å². The molecule has 0 spiro atoms. The average Bonchev–Trinajstić information content (AvgIpc) is 2.43. The number of amides is 1. The van der Waals surface area contributed by atoms with Crippen molar-refractivity contribution in [2.45, 2.75) is 23.5 Å². The van der Waals surface area contributed by atoms with Crippen LogP contribution in [0, 0.1) is 0 Å². The zero-order valence-corrected chi connectivity index (χ0v) is 11.8. The summed E-state index contributed by atoms with van der Waals surface area (Å²) in [5.74, 6) is -1.11. The van der Waals surface area contributed by atoms with Crippen LogP contribution in [0.1, 0.15) is 13.8 Å². The van der Waals surface area contributed by atoms with Gasteiger partial charge in [0, 0.05) is 0 Å². The van der Waals surface area contributed by atoms with Crippen LogP contribution in [0.4, 0.5) is 4.79 Å². The van der Waals surface area contributed by atoms with Gasteiger partial charge in [-0.2, -0.15) is 0 Å². The Morgan fingerprint density at radius 1 is 1.38 bits per heavy atom. The summed E-state index contributed by atoms with van der Waals surface area (Å²) < 4.78 is 17.4.